The highest BCUT2D eigenvalue weighted by Gasteiger charge is 2.33. The van der Waals surface area contributed by atoms with Crippen molar-refractivity contribution in [1.29, 1.82) is 0 Å². The number of piperidine rings is 1. The summed E-state index contributed by atoms with van der Waals surface area (Å²) in [6.07, 6.45) is 1.79. The number of rotatable bonds is 3. The minimum Gasteiger partial charge on any atom is -0.399 e. The molecule has 0 bridgehead atoms. The largest absolute Gasteiger partial charge is 0.399 e. The van der Waals surface area contributed by atoms with Crippen molar-refractivity contribution in [3.05, 3.63) is 22.2 Å². The molecule has 118 valence electrons. The van der Waals surface area contributed by atoms with Gasteiger partial charge in [0.15, 0.2) is 0 Å². The van der Waals surface area contributed by atoms with Crippen LogP contribution in [0.15, 0.2) is 17.0 Å². The van der Waals surface area contributed by atoms with E-state index in [2.05, 4.69) is 0 Å². The standard InChI is InChI=1S/C13H19Cl2N3O2S/c1-17(2)10-4-3-5-18(8-10)21(19,20)13-11(14)6-9(16)7-12(13)15/h6-7,10H,3-5,8,16H2,1-2H3. The molecule has 1 aromatic rings. The predicted octanol–water partition coefficient (Wildman–Crippen LogP) is 2.29. The van der Waals surface area contributed by atoms with Gasteiger partial charge in [0.2, 0.25) is 10.0 Å². The van der Waals surface area contributed by atoms with Gasteiger partial charge < -0.3 is 10.6 Å². The van der Waals surface area contributed by atoms with Crippen molar-refractivity contribution < 1.29 is 8.42 Å². The third-order valence-electron chi connectivity index (χ3n) is 3.71. The van der Waals surface area contributed by atoms with E-state index in [1.807, 2.05) is 19.0 Å². The van der Waals surface area contributed by atoms with Gasteiger partial charge in [-0.1, -0.05) is 23.2 Å². The summed E-state index contributed by atoms with van der Waals surface area (Å²) in [7, 11) is 0.177. The normalized spacial score (nSPS) is 20.9. The number of nitrogens with zero attached hydrogens (tertiary/aromatic N) is 2. The van der Waals surface area contributed by atoms with Crippen LogP contribution >= 0.6 is 23.2 Å². The van der Waals surface area contributed by atoms with E-state index in [-0.39, 0.29) is 21.0 Å². The van der Waals surface area contributed by atoms with Crippen LogP contribution in [0.25, 0.3) is 0 Å². The van der Waals surface area contributed by atoms with Crippen LogP contribution in [0.2, 0.25) is 10.0 Å². The van der Waals surface area contributed by atoms with Crippen LogP contribution in [0.4, 0.5) is 5.69 Å². The molecule has 1 heterocycles. The molecule has 0 amide bonds. The Morgan fingerprint density at radius 2 is 1.86 bits per heavy atom. The van der Waals surface area contributed by atoms with Crippen LogP contribution in [-0.2, 0) is 10.0 Å². The molecule has 1 saturated heterocycles. The van der Waals surface area contributed by atoms with Crippen molar-refractivity contribution in [3.8, 4) is 0 Å². The number of nitrogen functional groups attached to an aromatic ring is 1. The summed E-state index contributed by atoms with van der Waals surface area (Å²) in [4.78, 5) is 1.98. The molecule has 0 spiro atoms. The van der Waals surface area contributed by atoms with E-state index in [0.29, 0.717) is 18.8 Å². The average Bonchev–Trinajstić information content (AvgIpc) is 2.37. The Morgan fingerprint density at radius 1 is 1.29 bits per heavy atom. The fraction of sp³-hybridized carbons (Fsp3) is 0.538. The van der Waals surface area contributed by atoms with E-state index >= 15 is 0 Å². The molecule has 0 radical (unpaired) electrons. The quantitative estimate of drug-likeness (QED) is 0.848. The molecule has 2 rings (SSSR count). The third kappa shape index (κ3) is 3.46. The lowest BCUT2D eigenvalue weighted by molar-refractivity contribution is 0.190. The topological polar surface area (TPSA) is 66.6 Å². The Hall–Kier alpha value is -0.530. The van der Waals surface area contributed by atoms with Crippen molar-refractivity contribution in [3.63, 3.8) is 0 Å². The molecular formula is C13H19Cl2N3O2S. The van der Waals surface area contributed by atoms with E-state index in [1.54, 1.807) is 0 Å². The van der Waals surface area contributed by atoms with Gasteiger partial charge in [0, 0.05) is 24.8 Å². The Labute approximate surface area is 135 Å². The van der Waals surface area contributed by atoms with Gasteiger partial charge >= 0.3 is 0 Å². The van der Waals surface area contributed by atoms with Crippen LogP contribution in [0, 0.1) is 0 Å². The Morgan fingerprint density at radius 3 is 2.38 bits per heavy atom. The maximum absolute atomic E-state index is 12.8. The fourth-order valence-electron chi connectivity index (χ4n) is 2.52. The zero-order chi connectivity index (χ0) is 15.8. The summed E-state index contributed by atoms with van der Waals surface area (Å²) in [6.45, 7) is 0.913. The summed E-state index contributed by atoms with van der Waals surface area (Å²) in [6, 6.07) is 3.02. The number of anilines is 1. The zero-order valence-corrected chi connectivity index (χ0v) is 14.3. The minimum atomic E-state index is -3.72. The van der Waals surface area contributed by atoms with Crippen molar-refractivity contribution >= 4 is 38.9 Å². The molecule has 2 N–H and O–H groups in total. The Bertz CT molecular complexity index is 611. The predicted molar refractivity (Wildman–Crippen MR) is 86.3 cm³/mol. The molecule has 1 unspecified atom stereocenters. The average molecular weight is 352 g/mol. The SMILES string of the molecule is CN(C)C1CCCN(S(=O)(=O)c2c(Cl)cc(N)cc2Cl)C1. The molecule has 1 atom stereocenters. The second kappa shape index (κ2) is 6.30. The fourth-order valence-corrected chi connectivity index (χ4v) is 5.21. The van der Waals surface area contributed by atoms with Gasteiger partial charge in [0.25, 0.3) is 0 Å². The second-order valence-corrected chi connectivity index (χ2v) is 8.13. The van der Waals surface area contributed by atoms with E-state index < -0.39 is 10.0 Å². The van der Waals surface area contributed by atoms with E-state index in [9.17, 15) is 8.42 Å². The van der Waals surface area contributed by atoms with Gasteiger partial charge in [-0.25, -0.2) is 8.42 Å². The molecule has 8 heteroatoms. The van der Waals surface area contributed by atoms with Crippen LogP contribution in [-0.4, -0.2) is 50.8 Å². The van der Waals surface area contributed by atoms with Gasteiger partial charge in [-0.05, 0) is 39.1 Å². The first-order valence-corrected chi connectivity index (χ1v) is 8.84. The van der Waals surface area contributed by atoms with Crippen molar-refractivity contribution in [2.24, 2.45) is 0 Å². The molecule has 0 aromatic heterocycles. The lowest BCUT2D eigenvalue weighted by Gasteiger charge is -2.35. The van der Waals surface area contributed by atoms with E-state index in [4.69, 9.17) is 28.9 Å². The number of likely N-dealkylation sites (N-methyl/N-ethyl adjacent to an activating group) is 1. The smallest absolute Gasteiger partial charge is 0.246 e. The number of halogens is 2. The minimum absolute atomic E-state index is 0.0561. The molecule has 1 aliphatic rings. The van der Waals surface area contributed by atoms with Crippen molar-refractivity contribution in [2.75, 3.05) is 32.9 Å². The number of benzene rings is 1. The molecule has 0 aliphatic carbocycles. The molecule has 1 fully saturated rings. The van der Waals surface area contributed by atoms with Crippen molar-refractivity contribution in [2.45, 2.75) is 23.8 Å². The summed E-state index contributed by atoms with van der Waals surface area (Å²) in [5, 5.41) is 0.124. The zero-order valence-electron chi connectivity index (χ0n) is 12.0. The lowest BCUT2D eigenvalue weighted by Crippen LogP contribution is -2.47. The first-order chi connectivity index (χ1) is 9.73. The number of sulfonamides is 1. The molecule has 5 nitrogen and oxygen atoms in total. The summed E-state index contributed by atoms with van der Waals surface area (Å²) >= 11 is 12.1. The molecule has 0 saturated carbocycles. The van der Waals surface area contributed by atoms with Crippen LogP contribution in [0.1, 0.15) is 12.8 Å². The summed E-state index contributed by atoms with van der Waals surface area (Å²) in [5.74, 6) is 0. The highest BCUT2D eigenvalue weighted by molar-refractivity contribution is 7.89. The highest BCUT2D eigenvalue weighted by atomic mass is 35.5. The second-order valence-electron chi connectivity index (χ2n) is 5.44. The van der Waals surface area contributed by atoms with Gasteiger partial charge in [0.05, 0.1) is 10.0 Å². The first-order valence-electron chi connectivity index (χ1n) is 6.64. The summed E-state index contributed by atoms with van der Waals surface area (Å²) in [5.41, 5.74) is 5.97. The monoisotopic (exact) mass is 351 g/mol. The molecular weight excluding hydrogens is 333 g/mol. The summed E-state index contributed by atoms with van der Waals surface area (Å²) < 4.78 is 27.1. The van der Waals surface area contributed by atoms with Gasteiger partial charge in [0.1, 0.15) is 4.90 Å². The highest BCUT2D eigenvalue weighted by Crippen LogP contribution is 2.35. The van der Waals surface area contributed by atoms with Gasteiger partial charge in [-0.3, -0.25) is 0 Å². The number of nitrogens with two attached hydrogens (primary N) is 1. The maximum atomic E-state index is 12.8. The van der Waals surface area contributed by atoms with Gasteiger partial charge in [-0.15, -0.1) is 0 Å². The maximum Gasteiger partial charge on any atom is 0.246 e. The number of hydrogen-bond donors (Lipinski definition) is 1. The first kappa shape index (κ1) is 16.8. The van der Waals surface area contributed by atoms with E-state index in [0.717, 1.165) is 12.8 Å². The molecule has 1 aliphatic heterocycles. The Kier molecular flexibility index (Phi) is 5.05. The molecule has 21 heavy (non-hydrogen) atoms. The van der Waals surface area contributed by atoms with Crippen LogP contribution in [0.5, 0.6) is 0 Å². The van der Waals surface area contributed by atoms with E-state index in [1.165, 1.54) is 16.4 Å². The lowest BCUT2D eigenvalue weighted by atomic mass is 10.1. The number of hydrogen-bond acceptors (Lipinski definition) is 4. The van der Waals surface area contributed by atoms with Crippen LogP contribution < -0.4 is 5.73 Å². The van der Waals surface area contributed by atoms with Gasteiger partial charge in [-0.2, -0.15) is 4.31 Å². The van der Waals surface area contributed by atoms with Crippen LogP contribution in [0.3, 0.4) is 0 Å². The molecule has 1 aromatic carbocycles. The Balaban J connectivity index is 2.39. The third-order valence-corrected chi connectivity index (χ3v) is 6.50. The van der Waals surface area contributed by atoms with Crippen molar-refractivity contribution in [1.82, 2.24) is 9.21 Å².